The minimum absolute atomic E-state index is 0.148. The van der Waals surface area contributed by atoms with Crippen LogP contribution < -0.4 is 10.1 Å². The SMILES string of the molecule is COC(=O)c1ccccc1OCC(=O)N[C@@H](C)c1ccc(Br)cc1. The van der Waals surface area contributed by atoms with Crippen LogP contribution in [0.3, 0.4) is 0 Å². The van der Waals surface area contributed by atoms with Gasteiger partial charge in [-0.15, -0.1) is 0 Å². The molecule has 2 rings (SSSR count). The van der Waals surface area contributed by atoms with Gasteiger partial charge in [-0.25, -0.2) is 4.79 Å². The number of ether oxygens (including phenoxy) is 2. The van der Waals surface area contributed by atoms with Crippen molar-refractivity contribution >= 4 is 27.8 Å². The Morgan fingerprint density at radius 1 is 1.12 bits per heavy atom. The van der Waals surface area contributed by atoms with Gasteiger partial charge in [0.1, 0.15) is 11.3 Å². The van der Waals surface area contributed by atoms with E-state index in [0.29, 0.717) is 5.75 Å². The molecular formula is C18H18BrNO4. The summed E-state index contributed by atoms with van der Waals surface area (Å²) in [5.41, 5.74) is 1.27. The van der Waals surface area contributed by atoms with Crippen LogP contribution in [0.1, 0.15) is 28.9 Å². The lowest BCUT2D eigenvalue weighted by Crippen LogP contribution is -2.31. The van der Waals surface area contributed by atoms with E-state index in [9.17, 15) is 9.59 Å². The fourth-order valence-corrected chi connectivity index (χ4v) is 2.40. The highest BCUT2D eigenvalue weighted by atomic mass is 79.9. The van der Waals surface area contributed by atoms with E-state index in [0.717, 1.165) is 10.0 Å². The molecule has 0 aliphatic heterocycles. The first-order valence-corrected chi connectivity index (χ1v) is 8.15. The van der Waals surface area contributed by atoms with Crippen molar-refractivity contribution < 1.29 is 19.1 Å². The molecule has 0 aliphatic rings. The number of amides is 1. The van der Waals surface area contributed by atoms with Crippen molar-refractivity contribution in [2.45, 2.75) is 13.0 Å². The second-order valence-electron chi connectivity index (χ2n) is 5.12. The van der Waals surface area contributed by atoms with Crippen LogP contribution in [0.4, 0.5) is 0 Å². The van der Waals surface area contributed by atoms with Crippen LogP contribution in [0.25, 0.3) is 0 Å². The molecule has 0 radical (unpaired) electrons. The number of esters is 1. The first-order chi connectivity index (χ1) is 11.5. The number of nitrogens with one attached hydrogen (secondary N) is 1. The summed E-state index contributed by atoms with van der Waals surface area (Å²) in [6.45, 7) is 1.71. The zero-order valence-corrected chi connectivity index (χ0v) is 15.0. The second-order valence-corrected chi connectivity index (χ2v) is 6.03. The highest BCUT2D eigenvalue weighted by Crippen LogP contribution is 2.19. The molecule has 0 saturated heterocycles. The van der Waals surface area contributed by atoms with Gasteiger partial charge in [-0.3, -0.25) is 4.79 Å². The Labute approximate surface area is 149 Å². The fourth-order valence-electron chi connectivity index (χ4n) is 2.13. The maximum atomic E-state index is 12.1. The molecule has 6 heteroatoms. The molecular weight excluding hydrogens is 374 g/mol. The summed E-state index contributed by atoms with van der Waals surface area (Å²) in [5.74, 6) is -0.463. The Morgan fingerprint density at radius 2 is 1.79 bits per heavy atom. The molecule has 5 nitrogen and oxygen atoms in total. The summed E-state index contributed by atoms with van der Waals surface area (Å²) in [6.07, 6.45) is 0. The number of benzene rings is 2. The number of hydrogen-bond donors (Lipinski definition) is 1. The lowest BCUT2D eigenvalue weighted by atomic mass is 10.1. The van der Waals surface area contributed by atoms with Crippen molar-refractivity contribution in [3.05, 3.63) is 64.1 Å². The highest BCUT2D eigenvalue weighted by molar-refractivity contribution is 9.10. The van der Waals surface area contributed by atoms with Crippen molar-refractivity contribution in [2.24, 2.45) is 0 Å². The van der Waals surface area contributed by atoms with Crippen molar-refractivity contribution in [3.63, 3.8) is 0 Å². The van der Waals surface area contributed by atoms with E-state index in [4.69, 9.17) is 9.47 Å². The molecule has 2 aromatic carbocycles. The molecule has 0 spiro atoms. The molecule has 0 heterocycles. The van der Waals surface area contributed by atoms with Crippen molar-refractivity contribution in [1.29, 1.82) is 0 Å². The van der Waals surface area contributed by atoms with E-state index in [2.05, 4.69) is 21.2 Å². The third kappa shape index (κ3) is 4.83. The van der Waals surface area contributed by atoms with Gasteiger partial charge in [0.25, 0.3) is 5.91 Å². The third-order valence-corrected chi connectivity index (χ3v) is 3.93. The standard InChI is InChI=1S/C18H18BrNO4/c1-12(13-7-9-14(19)10-8-13)20-17(21)11-24-16-6-4-3-5-15(16)18(22)23-2/h3-10,12H,11H2,1-2H3,(H,20,21)/t12-/m0/s1. The summed E-state index contributed by atoms with van der Waals surface area (Å²) in [4.78, 5) is 23.7. The van der Waals surface area contributed by atoms with Gasteiger partial charge < -0.3 is 14.8 Å². The molecule has 24 heavy (non-hydrogen) atoms. The normalized spacial score (nSPS) is 11.5. The molecule has 126 valence electrons. The van der Waals surface area contributed by atoms with Crippen LogP contribution in [-0.4, -0.2) is 25.6 Å². The molecule has 0 aromatic heterocycles. The van der Waals surface area contributed by atoms with E-state index < -0.39 is 5.97 Å². The van der Waals surface area contributed by atoms with Gasteiger partial charge in [0.05, 0.1) is 13.2 Å². The Balaban J connectivity index is 1.94. The molecule has 0 aliphatic carbocycles. The maximum absolute atomic E-state index is 12.1. The third-order valence-electron chi connectivity index (χ3n) is 3.40. The number of carbonyl (C=O) groups excluding carboxylic acids is 2. The number of rotatable bonds is 6. The number of methoxy groups -OCH3 is 1. The number of hydrogen-bond acceptors (Lipinski definition) is 4. The van der Waals surface area contributed by atoms with Gasteiger partial charge in [-0.05, 0) is 36.8 Å². The quantitative estimate of drug-likeness (QED) is 0.765. The van der Waals surface area contributed by atoms with E-state index >= 15 is 0 Å². The minimum atomic E-state index is -0.505. The van der Waals surface area contributed by atoms with Crippen LogP contribution in [0.2, 0.25) is 0 Å². The molecule has 0 bridgehead atoms. The summed E-state index contributed by atoms with van der Waals surface area (Å²) < 4.78 is 11.1. The molecule has 0 unspecified atom stereocenters. The number of carbonyl (C=O) groups is 2. The summed E-state index contributed by atoms with van der Waals surface area (Å²) in [7, 11) is 1.30. The monoisotopic (exact) mass is 391 g/mol. The molecule has 1 atom stereocenters. The van der Waals surface area contributed by atoms with E-state index in [1.165, 1.54) is 7.11 Å². The van der Waals surface area contributed by atoms with Crippen molar-refractivity contribution in [1.82, 2.24) is 5.32 Å². The van der Waals surface area contributed by atoms with Gasteiger partial charge in [-0.1, -0.05) is 40.2 Å². The zero-order valence-electron chi connectivity index (χ0n) is 13.4. The molecule has 1 N–H and O–H groups in total. The van der Waals surface area contributed by atoms with E-state index in [1.54, 1.807) is 24.3 Å². The fraction of sp³-hybridized carbons (Fsp3) is 0.222. The second kappa shape index (κ2) is 8.49. The molecule has 0 fully saturated rings. The van der Waals surface area contributed by atoms with Crippen LogP contribution in [-0.2, 0) is 9.53 Å². The van der Waals surface area contributed by atoms with Gasteiger partial charge >= 0.3 is 5.97 Å². The van der Waals surface area contributed by atoms with E-state index in [1.807, 2.05) is 31.2 Å². The van der Waals surface area contributed by atoms with E-state index in [-0.39, 0.29) is 24.1 Å². The van der Waals surface area contributed by atoms with Gasteiger partial charge in [0, 0.05) is 4.47 Å². The van der Waals surface area contributed by atoms with Crippen molar-refractivity contribution in [2.75, 3.05) is 13.7 Å². The number of halogens is 1. The van der Waals surface area contributed by atoms with Gasteiger partial charge in [0.2, 0.25) is 0 Å². The van der Waals surface area contributed by atoms with Crippen LogP contribution >= 0.6 is 15.9 Å². The Hall–Kier alpha value is -2.34. The largest absolute Gasteiger partial charge is 0.483 e. The molecule has 0 saturated carbocycles. The molecule has 2 aromatic rings. The molecule has 1 amide bonds. The first-order valence-electron chi connectivity index (χ1n) is 7.36. The zero-order chi connectivity index (χ0) is 17.5. The Kier molecular flexibility index (Phi) is 6.37. The van der Waals surface area contributed by atoms with Gasteiger partial charge in [0.15, 0.2) is 6.61 Å². The summed E-state index contributed by atoms with van der Waals surface area (Å²) in [5, 5.41) is 2.85. The van der Waals surface area contributed by atoms with Crippen LogP contribution in [0, 0.1) is 0 Å². The predicted octanol–water partition coefficient (Wildman–Crippen LogP) is 3.49. The topological polar surface area (TPSA) is 64.6 Å². The van der Waals surface area contributed by atoms with Crippen LogP contribution in [0.5, 0.6) is 5.75 Å². The van der Waals surface area contributed by atoms with Gasteiger partial charge in [-0.2, -0.15) is 0 Å². The number of para-hydroxylation sites is 1. The highest BCUT2D eigenvalue weighted by Gasteiger charge is 2.14. The predicted molar refractivity (Wildman–Crippen MR) is 94.0 cm³/mol. The maximum Gasteiger partial charge on any atom is 0.341 e. The van der Waals surface area contributed by atoms with Crippen LogP contribution in [0.15, 0.2) is 53.0 Å². The average molecular weight is 392 g/mol. The average Bonchev–Trinajstić information content (AvgIpc) is 2.60. The smallest absolute Gasteiger partial charge is 0.341 e. The summed E-state index contributed by atoms with van der Waals surface area (Å²) >= 11 is 3.38. The lowest BCUT2D eigenvalue weighted by Gasteiger charge is -2.15. The van der Waals surface area contributed by atoms with Crippen molar-refractivity contribution in [3.8, 4) is 5.75 Å². The Bertz CT molecular complexity index is 715. The Morgan fingerprint density at radius 3 is 2.46 bits per heavy atom. The minimum Gasteiger partial charge on any atom is -0.483 e. The lowest BCUT2D eigenvalue weighted by molar-refractivity contribution is -0.123. The first kappa shape index (κ1) is 18.0. The summed E-state index contributed by atoms with van der Waals surface area (Å²) in [6, 6.07) is 14.2.